The molecule has 3 aromatic rings. The van der Waals surface area contributed by atoms with Gasteiger partial charge >= 0.3 is 11.9 Å². The number of esters is 2. The van der Waals surface area contributed by atoms with Crippen LogP contribution < -0.4 is 23.7 Å². The zero-order valence-electron chi connectivity index (χ0n) is 27.9. The molecule has 0 saturated carbocycles. The van der Waals surface area contributed by atoms with E-state index in [1.54, 1.807) is 69.5 Å². The van der Waals surface area contributed by atoms with Gasteiger partial charge in [-0.15, -0.1) is 6.58 Å². The molecule has 0 radical (unpaired) electrons. The first-order valence-corrected chi connectivity index (χ1v) is 14.4. The largest absolute Gasteiger partial charge is 0.497 e. The number of benzene rings is 3. The summed E-state index contributed by atoms with van der Waals surface area (Å²) in [4.78, 5) is 44.3. The average Bonchev–Trinajstić information content (AvgIpc) is 3.03. The predicted molar refractivity (Wildman–Crippen MR) is 182 cm³/mol. The first-order chi connectivity index (χ1) is 21.9. The van der Waals surface area contributed by atoms with E-state index >= 15 is 0 Å². The highest BCUT2D eigenvalue weighted by Crippen LogP contribution is 2.45. The van der Waals surface area contributed by atoms with Crippen LogP contribution in [0.5, 0.6) is 28.7 Å². The Balaban J connectivity index is 0.00000160. The maximum Gasteiger partial charge on any atom is 0.335 e. The number of hydrogen-bond donors (Lipinski definition) is 0. The molecule has 0 N–H and O–H groups in total. The van der Waals surface area contributed by atoms with Crippen LogP contribution in [-0.4, -0.2) is 38.4 Å². The molecule has 9 heteroatoms. The van der Waals surface area contributed by atoms with E-state index in [4.69, 9.17) is 23.7 Å². The lowest BCUT2D eigenvalue weighted by molar-refractivity contribution is -0.132. The summed E-state index contributed by atoms with van der Waals surface area (Å²) < 4.78 is 27.0. The summed E-state index contributed by atoms with van der Waals surface area (Å²) in [5, 5.41) is 0. The lowest BCUT2D eigenvalue weighted by Gasteiger charge is -2.18. The minimum atomic E-state index is -0.661. The van der Waals surface area contributed by atoms with E-state index in [1.807, 2.05) is 27.7 Å². The summed E-state index contributed by atoms with van der Waals surface area (Å²) in [6.07, 6.45) is 1.77. The Bertz CT molecular complexity index is 1480. The average molecular weight is 633 g/mol. The first kappa shape index (κ1) is 40.6. The molecule has 0 unspecified atom stereocenters. The molecule has 0 aliphatic rings. The van der Waals surface area contributed by atoms with Gasteiger partial charge in [0.05, 0.1) is 13.7 Å². The normalized spacial score (nSPS) is 9.13. The van der Waals surface area contributed by atoms with Gasteiger partial charge in [0.25, 0.3) is 6.47 Å². The van der Waals surface area contributed by atoms with Crippen molar-refractivity contribution in [3.05, 3.63) is 91.6 Å². The second-order valence-corrected chi connectivity index (χ2v) is 9.27. The van der Waals surface area contributed by atoms with Crippen LogP contribution >= 0.6 is 0 Å². The van der Waals surface area contributed by atoms with E-state index in [1.165, 1.54) is 18.6 Å². The van der Waals surface area contributed by atoms with Crippen molar-refractivity contribution in [1.82, 2.24) is 0 Å². The highest BCUT2D eigenvalue weighted by atomic mass is 16.5. The molecule has 3 aromatic carbocycles. The third-order valence-electron chi connectivity index (χ3n) is 5.04. The maximum absolute atomic E-state index is 12.1. The Labute approximate surface area is 272 Å². The van der Waals surface area contributed by atoms with Crippen molar-refractivity contribution >= 4 is 24.7 Å². The van der Waals surface area contributed by atoms with Crippen LogP contribution in [0, 0.1) is 0 Å². The third-order valence-corrected chi connectivity index (χ3v) is 5.04. The van der Waals surface area contributed by atoms with Crippen LogP contribution in [0.15, 0.2) is 91.6 Å². The van der Waals surface area contributed by atoms with Crippen LogP contribution in [0.4, 0.5) is 0 Å². The van der Waals surface area contributed by atoms with Crippen molar-refractivity contribution in [2.45, 2.75) is 48.5 Å². The molecule has 0 saturated heterocycles. The SMILES string of the molecule is C=C(C)C.C=C(C)C=O.C=CC(=O)Oc1cc(-c2ccc(OC=O)cc2OCC)c(OC(C)=O)cc1-c1ccc(OC)cc1.CC. The Morgan fingerprint density at radius 3 is 1.74 bits per heavy atom. The smallest absolute Gasteiger partial charge is 0.335 e. The van der Waals surface area contributed by atoms with E-state index in [0.717, 1.165) is 12.4 Å². The van der Waals surface area contributed by atoms with Crippen LogP contribution in [0.3, 0.4) is 0 Å². The lowest BCUT2D eigenvalue weighted by atomic mass is 9.97. The molecule has 0 heterocycles. The molecule has 0 fully saturated rings. The fourth-order valence-electron chi connectivity index (χ4n) is 3.37. The molecular weight excluding hydrogens is 588 g/mol. The highest BCUT2D eigenvalue weighted by molar-refractivity contribution is 5.90. The van der Waals surface area contributed by atoms with E-state index in [-0.39, 0.29) is 17.2 Å². The van der Waals surface area contributed by atoms with Gasteiger partial charge in [-0.2, -0.15) is 0 Å². The van der Waals surface area contributed by atoms with Crippen molar-refractivity contribution in [3.63, 3.8) is 0 Å². The van der Waals surface area contributed by atoms with Crippen LogP contribution in [0.25, 0.3) is 22.3 Å². The molecule has 0 atom stereocenters. The van der Waals surface area contributed by atoms with Gasteiger partial charge in [0.2, 0.25) is 0 Å². The topological polar surface area (TPSA) is 114 Å². The Kier molecular flexibility index (Phi) is 19.5. The van der Waals surface area contributed by atoms with Gasteiger partial charge < -0.3 is 23.7 Å². The zero-order chi connectivity index (χ0) is 35.2. The quantitative estimate of drug-likeness (QED) is 0.0676. The van der Waals surface area contributed by atoms with E-state index < -0.39 is 11.9 Å². The standard InChI is InChI=1S/C27H24O8.C4H6O.C4H8.C2H6/c1-5-27(30)35-25-15-23(21-12-11-20(33-16-28)13-24(21)32-6-2)26(34-17(3)29)14-22(25)18-7-9-19(31-4)10-8-18;1-4(2)3-5;1-4(2)3;1-2/h5,7-16H,1,6H2,2-4H3;3H,1H2,2H3;1H2,2-3H3;1-2H3. The Morgan fingerprint density at radius 1 is 0.761 bits per heavy atom. The maximum atomic E-state index is 12.1. The summed E-state index contributed by atoms with van der Waals surface area (Å²) in [7, 11) is 1.56. The van der Waals surface area contributed by atoms with Crippen LogP contribution in [0.1, 0.15) is 48.5 Å². The number of hydrogen-bond acceptors (Lipinski definition) is 9. The fourth-order valence-corrected chi connectivity index (χ4v) is 3.37. The molecule has 0 aliphatic carbocycles. The second kappa shape index (κ2) is 22.1. The van der Waals surface area contributed by atoms with Gasteiger partial charge in [0.15, 0.2) is 0 Å². The molecule has 0 bridgehead atoms. The lowest BCUT2D eigenvalue weighted by Crippen LogP contribution is -2.07. The molecule has 46 heavy (non-hydrogen) atoms. The number of carbonyl (C=O) groups excluding carboxylic acids is 4. The summed E-state index contributed by atoms with van der Waals surface area (Å²) in [6.45, 7) is 23.6. The number of allylic oxidation sites excluding steroid dienone is 2. The molecule has 9 nitrogen and oxygen atoms in total. The van der Waals surface area contributed by atoms with Gasteiger partial charge in [-0.05, 0) is 75.2 Å². The third kappa shape index (κ3) is 14.4. The van der Waals surface area contributed by atoms with Gasteiger partial charge in [0, 0.05) is 35.8 Å². The molecular formula is C37H44O9. The van der Waals surface area contributed by atoms with Crippen molar-refractivity contribution in [1.29, 1.82) is 0 Å². The van der Waals surface area contributed by atoms with Crippen molar-refractivity contribution < 1.29 is 42.9 Å². The minimum absolute atomic E-state index is 0.210. The Morgan fingerprint density at radius 2 is 1.28 bits per heavy atom. The van der Waals surface area contributed by atoms with Crippen LogP contribution in [0.2, 0.25) is 0 Å². The van der Waals surface area contributed by atoms with Gasteiger partial charge in [-0.25, -0.2) is 4.79 Å². The van der Waals surface area contributed by atoms with Gasteiger partial charge in [-0.1, -0.05) is 44.7 Å². The van der Waals surface area contributed by atoms with Crippen molar-refractivity contribution in [3.8, 4) is 51.0 Å². The molecule has 246 valence electrons. The first-order valence-electron chi connectivity index (χ1n) is 14.4. The van der Waals surface area contributed by atoms with E-state index in [9.17, 15) is 19.2 Å². The van der Waals surface area contributed by atoms with Gasteiger partial charge in [0.1, 0.15) is 35.0 Å². The van der Waals surface area contributed by atoms with E-state index in [0.29, 0.717) is 52.4 Å². The summed E-state index contributed by atoms with van der Waals surface area (Å²) in [5.74, 6) is 0.516. The highest BCUT2D eigenvalue weighted by Gasteiger charge is 2.21. The predicted octanol–water partition coefficient (Wildman–Crippen LogP) is 8.35. The molecule has 0 spiro atoms. The van der Waals surface area contributed by atoms with E-state index in [2.05, 4.69) is 19.7 Å². The molecule has 0 amide bonds. The number of rotatable bonds is 11. The number of ether oxygens (including phenoxy) is 5. The molecule has 0 aromatic heterocycles. The molecule has 3 rings (SSSR count). The minimum Gasteiger partial charge on any atom is -0.497 e. The van der Waals surface area contributed by atoms with Crippen LogP contribution in [-0.2, 0) is 19.2 Å². The second-order valence-electron chi connectivity index (χ2n) is 9.27. The fraction of sp³-hybridized carbons (Fsp3) is 0.243. The summed E-state index contributed by atoms with van der Waals surface area (Å²) in [6, 6.07) is 15.0. The van der Waals surface area contributed by atoms with Crippen molar-refractivity contribution in [2.75, 3.05) is 13.7 Å². The number of aldehydes is 1. The number of carbonyl (C=O) groups is 4. The van der Waals surface area contributed by atoms with Crippen molar-refractivity contribution in [2.24, 2.45) is 0 Å². The zero-order valence-corrected chi connectivity index (χ0v) is 27.9. The van der Waals surface area contributed by atoms with Gasteiger partial charge in [-0.3, -0.25) is 14.4 Å². The summed E-state index contributed by atoms with van der Waals surface area (Å²) >= 11 is 0. The monoisotopic (exact) mass is 632 g/mol. The summed E-state index contributed by atoms with van der Waals surface area (Å²) in [5.41, 5.74) is 3.88. The molecule has 0 aliphatic heterocycles. The number of methoxy groups -OCH3 is 1. The Hall–Kier alpha value is -5.44.